The molecular formula is C22H25N2O4P. The van der Waals surface area contributed by atoms with Gasteiger partial charge in [-0.05, 0) is 37.1 Å². The number of ether oxygens (including phenoxy) is 2. The summed E-state index contributed by atoms with van der Waals surface area (Å²) in [6.07, 6.45) is 6.53. The Morgan fingerprint density at radius 3 is 2.93 bits per heavy atom. The average Bonchev–Trinajstić information content (AvgIpc) is 3.23. The van der Waals surface area contributed by atoms with Crippen LogP contribution in [-0.4, -0.2) is 32.4 Å². The number of hydrogen-bond donors (Lipinski definition) is 1. The minimum atomic E-state index is -0.287. The molecule has 3 rings (SSSR count). The maximum absolute atomic E-state index is 12.3. The highest BCUT2D eigenvalue weighted by Crippen LogP contribution is 2.37. The minimum Gasteiger partial charge on any atom is -0.496 e. The maximum atomic E-state index is 12.3. The van der Waals surface area contributed by atoms with E-state index in [-0.39, 0.29) is 5.91 Å². The van der Waals surface area contributed by atoms with Crippen molar-refractivity contribution in [1.82, 2.24) is 5.32 Å². The van der Waals surface area contributed by atoms with Crippen LogP contribution in [0.3, 0.4) is 0 Å². The number of allylic oxidation sites excluding steroid dienone is 1. The van der Waals surface area contributed by atoms with Crippen LogP contribution in [-0.2, 0) is 10.9 Å². The van der Waals surface area contributed by atoms with Gasteiger partial charge in [-0.1, -0.05) is 12.7 Å². The standard InChI is InChI=1S/C22H25N2O4P/c1-14(24-22(25)17-10-18(13-29)28-12-17)11-23-21-15(2)20(26-3)5-4-19(21)16-6-8-27-9-7-16/h4-6,10-12H,1,7-9,13,29H2,2-3H3,(H,24,25). The van der Waals surface area contributed by atoms with Crippen molar-refractivity contribution in [2.24, 2.45) is 4.99 Å². The van der Waals surface area contributed by atoms with Gasteiger partial charge in [0.2, 0.25) is 0 Å². The number of furan rings is 1. The van der Waals surface area contributed by atoms with Crippen LogP contribution in [0.2, 0.25) is 0 Å². The third-order valence-corrected chi connectivity index (χ3v) is 5.05. The number of nitrogens with zero attached hydrogens (tertiary/aromatic N) is 1. The Kier molecular flexibility index (Phi) is 7.02. The molecular weight excluding hydrogens is 387 g/mol. The smallest absolute Gasteiger partial charge is 0.258 e. The van der Waals surface area contributed by atoms with Crippen LogP contribution in [0.15, 0.2) is 52.2 Å². The van der Waals surface area contributed by atoms with Gasteiger partial charge < -0.3 is 19.2 Å². The van der Waals surface area contributed by atoms with Crippen molar-refractivity contribution in [2.45, 2.75) is 19.5 Å². The van der Waals surface area contributed by atoms with Gasteiger partial charge in [-0.2, -0.15) is 0 Å². The lowest BCUT2D eigenvalue weighted by Gasteiger charge is -2.18. The maximum Gasteiger partial charge on any atom is 0.258 e. The van der Waals surface area contributed by atoms with Crippen LogP contribution in [0.1, 0.15) is 33.7 Å². The molecule has 0 radical (unpaired) electrons. The van der Waals surface area contributed by atoms with Crippen molar-refractivity contribution < 1.29 is 18.7 Å². The van der Waals surface area contributed by atoms with Crippen LogP contribution in [0.25, 0.3) is 5.57 Å². The summed E-state index contributed by atoms with van der Waals surface area (Å²) < 4.78 is 16.2. The second kappa shape index (κ2) is 9.68. The zero-order valence-electron chi connectivity index (χ0n) is 16.7. The quantitative estimate of drug-likeness (QED) is 0.540. The van der Waals surface area contributed by atoms with Crippen molar-refractivity contribution in [3.05, 3.63) is 65.3 Å². The van der Waals surface area contributed by atoms with E-state index in [1.807, 2.05) is 19.1 Å². The van der Waals surface area contributed by atoms with Gasteiger partial charge in [0.25, 0.3) is 5.91 Å². The fourth-order valence-electron chi connectivity index (χ4n) is 3.10. The molecule has 0 saturated carbocycles. The molecule has 1 amide bonds. The molecule has 7 heteroatoms. The number of carbonyl (C=O) groups is 1. The number of nitrogens with one attached hydrogen (secondary N) is 1. The molecule has 29 heavy (non-hydrogen) atoms. The molecule has 1 unspecified atom stereocenters. The molecule has 6 nitrogen and oxygen atoms in total. The normalized spacial score (nSPS) is 14.0. The van der Waals surface area contributed by atoms with Crippen molar-refractivity contribution in [3.63, 3.8) is 0 Å². The van der Waals surface area contributed by atoms with E-state index in [4.69, 9.17) is 13.9 Å². The molecule has 0 aliphatic carbocycles. The molecule has 1 N–H and O–H groups in total. The van der Waals surface area contributed by atoms with E-state index in [0.29, 0.717) is 30.6 Å². The first-order valence-electron chi connectivity index (χ1n) is 9.30. The fourth-order valence-corrected chi connectivity index (χ4v) is 3.31. The lowest BCUT2D eigenvalue weighted by molar-refractivity contribution is 0.0967. The fraction of sp³-hybridized carbons (Fsp3) is 0.273. The first-order valence-corrected chi connectivity index (χ1v) is 10.1. The first-order chi connectivity index (χ1) is 14.0. The molecule has 0 spiro atoms. The van der Waals surface area contributed by atoms with Crippen LogP contribution in [0.5, 0.6) is 5.75 Å². The van der Waals surface area contributed by atoms with Gasteiger partial charge in [-0.3, -0.25) is 9.79 Å². The van der Waals surface area contributed by atoms with E-state index in [2.05, 4.69) is 32.2 Å². The number of carbonyl (C=O) groups excluding carboxylic acids is 1. The van der Waals surface area contributed by atoms with E-state index >= 15 is 0 Å². The first kappa shape index (κ1) is 21.0. The molecule has 2 heterocycles. The topological polar surface area (TPSA) is 73.1 Å². The Morgan fingerprint density at radius 1 is 1.45 bits per heavy atom. The Balaban J connectivity index is 1.81. The van der Waals surface area contributed by atoms with Gasteiger partial charge in [0, 0.05) is 17.3 Å². The number of hydrogen-bond acceptors (Lipinski definition) is 5. The third-order valence-electron chi connectivity index (χ3n) is 4.65. The van der Waals surface area contributed by atoms with E-state index in [1.54, 1.807) is 19.4 Å². The number of amides is 1. The summed E-state index contributed by atoms with van der Waals surface area (Å²) in [5.41, 5.74) is 4.77. The zero-order chi connectivity index (χ0) is 20.8. The molecule has 2 aromatic rings. The summed E-state index contributed by atoms with van der Waals surface area (Å²) in [6.45, 7) is 7.14. The van der Waals surface area contributed by atoms with Crippen LogP contribution in [0, 0.1) is 6.92 Å². The Labute approximate surface area is 172 Å². The van der Waals surface area contributed by atoms with E-state index in [0.717, 1.165) is 34.7 Å². The van der Waals surface area contributed by atoms with Gasteiger partial charge in [0.05, 0.1) is 43.5 Å². The summed E-state index contributed by atoms with van der Waals surface area (Å²) in [4.78, 5) is 17.0. The van der Waals surface area contributed by atoms with E-state index < -0.39 is 0 Å². The largest absolute Gasteiger partial charge is 0.496 e. The van der Waals surface area contributed by atoms with Gasteiger partial charge >= 0.3 is 0 Å². The van der Waals surface area contributed by atoms with Crippen molar-refractivity contribution in [2.75, 3.05) is 20.3 Å². The monoisotopic (exact) mass is 412 g/mol. The lowest BCUT2D eigenvalue weighted by Crippen LogP contribution is -2.22. The predicted octanol–water partition coefficient (Wildman–Crippen LogP) is 4.42. The van der Waals surface area contributed by atoms with E-state index in [1.165, 1.54) is 11.8 Å². The summed E-state index contributed by atoms with van der Waals surface area (Å²) in [5, 5.41) is 2.74. The van der Waals surface area contributed by atoms with Crippen molar-refractivity contribution >= 4 is 32.6 Å². The summed E-state index contributed by atoms with van der Waals surface area (Å²) in [5.74, 6) is 1.19. The summed E-state index contributed by atoms with van der Waals surface area (Å²) >= 11 is 0. The molecule has 0 fully saturated rings. The number of benzene rings is 1. The van der Waals surface area contributed by atoms with Gasteiger partial charge in [0.15, 0.2) is 0 Å². The Hall–Kier alpha value is -2.69. The number of methoxy groups -OCH3 is 1. The Morgan fingerprint density at radius 2 is 2.28 bits per heavy atom. The molecule has 1 aliphatic rings. The zero-order valence-corrected chi connectivity index (χ0v) is 17.8. The number of aliphatic imine (C=N–C) groups is 1. The summed E-state index contributed by atoms with van der Waals surface area (Å²) in [6, 6.07) is 5.65. The Bertz CT molecular complexity index is 975. The van der Waals surface area contributed by atoms with Gasteiger partial charge in [-0.25, -0.2) is 0 Å². The van der Waals surface area contributed by atoms with Crippen molar-refractivity contribution in [1.29, 1.82) is 0 Å². The summed E-state index contributed by atoms with van der Waals surface area (Å²) in [7, 11) is 4.19. The van der Waals surface area contributed by atoms with Crippen LogP contribution in [0.4, 0.5) is 5.69 Å². The lowest BCUT2D eigenvalue weighted by atomic mass is 9.97. The molecule has 152 valence electrons. The van der Waals surface area contributed by atoms with Gasteiger partial charge in [0.1, 0.15) is 17.8 Å². The highest BCUT2D eigenvalue weighted by molar-refractivity contribution is 7.15. The average molecular weight is 412 g/mol. The number of rotatable bonds is 7. The van der Waals surface area contributed by atoms with Crippen molar-refractivity contribution in [3.8, 4) is 5.75 Å². The molecule has 1 aromatic carbocycles. The van der Waals surface area contributed by atoms with Crippen LogP contribution < -0.4 is 10.1 Å². The minimum absolute atomic E-state index is 0.287. The SMILES string of the molecule is C=C(C=Nc1c(C2=CCOCC2)ccc(OC)c1C)NC(=O)c1coc(CP)c1. The molecule has 1 atom stereocenters. The van der Waals surface area contributed by atoms with Crippen LogP contribution >= 0.6 is 9.24 Å². The highest BCUT2D eigenvalue weighted by Gasteiger charge is 2.15. The second-order valence-electron chi connectivity index (χ2n) is 6.59. The highest BCUT2D eigenvalue weighted by atomic mass is 31.0. The molecule has 0 saturated heterocycles. The van der Waals surface area contributed by atoms with Gasteiger partial charge in [-0.15, -0.1) is 9.24 Å². The van der Waals surface area contributed by atoms with E-state index in [9.17, 15) is 4.79 Å². The third kappa shape index (κ3) is 5.03. The molecule has 1 aromatic heterocycles. The second-order valence-corrected chi connectivity index (χ2v) is 6.99. The molecule has 0 bridgehead atoms. The molecule has 1 aliphatic heterocycles. The predicted molar refractivity (Wildman–Crippen MR) is 118 cm³/mol.